The Balaban J connectivity index is 1.71. The Hall–Kier alpha value is -2.64. The van der Waals surface area contributed by atoms with Crippen molar-refractivity contribution in [3.8, 4) is 0 Å². The molecule has 5 nitrogen and oxygen atoms in total. The van der Waals surface area contributed by atoms with Gasteiger partial charge in [0.25, 0.3) is 5.91 Å². The number of hydrogen-bond acceptors (Lipinski definition) is 4. The van der Waals surface area contributed by atoms with E-state index in [9.17, 15) is 18.0 Å². The maximum absolute atomic E-state index is 13.7. The van der Waals surface area contributed by atoms with Crippen LogP contribution in [0.25, 0.3) is 0 Å². The van der Waals surface area contributed by atoms with Gasteiger partial charge in [0, 0.05) is 12.2 Å². The summed E-state index contributed by atoms with van der Waals surface area (Å²) in [5.74, 6) is -4.83. The average molecular weight is 364 g/mol. The highest BCUT2D eigenvalue weighted by Gasteiger charge is 2.18. The van der Waals surface area contributed by atoms with Gasteiger partial charge in [-0.2, -0.15) is 0 Å². The number of hydrogen-bond donors (Lipinski definition) is 2. The van der Waals surface area contributed by atoms with Gasteiger partial charge in [-0.3, -0.25) is 4.79 Å². The number of amides is 1. The van der Waals surface area contributed by atoms with Crippen molar-refractivity contribution in [2.45, 2.75) is 44.6 Å². The molecule has 1 aromatic heterocycles. The summed E-state index contributed by atoms with van der Waals surface area (Å²) in [5.41, 5.74) is -0.453. The molecule has 0 bridgehead atoms. The lowest BCUT2D eigenvalue weighted by atomic mass is 10.1. The molecule has 1 saturated carbocycles. The standard InChI is InChI=1S/C18H19F3N4O/c19-12-7-8-13(16(21)15(12)20)24-17(26)14-9-10-22-18(25-14)23-11-5-3-1-2-4-6-11/h7-11H,1-6H2,(H,24,26)(H,22,23,25). The van der Waals surface area contributed by atoms with Crippen LogP contribution in [0, 0.1) is 17.5 Å². The zero-order chi connectivity index (χ0) is 18.5. The van der Waals surface area contributed by atoms with Crippen LogP contribution in [0.15, 0.2) is 24.4 Å². The van der Waals surface area contributed by atoms with Crippen molar-refractivity contribution in [2.75, 3.05) is 10.6 Å². The number of carbonyl (C=O) groups excluding carboxylic acids is 1. The molecule has 1 heterocycles. The number of rotatable bonds is 4. The minimum atomic E-state index is -1.64. The van der Waals surface area contributed by atoms with Gasteiger partial charge in [-0.15, -0.1) is 0 Å². The van der Waals surface area contributed by atoms with Gasteiger partial charge < -0.3 is 10.6 Å². The Bertz CT molecular complexity index is 792. The first-order valence-electron chi connectivity index (χ1n) is 8.59. The molecule has 1 amide bonds. The second kappa shape index (κ2) is 8.16. The Morgan fingerprint density at radius 3 is 2.46 bits per heavy atom. The van der Waals surface area contributed by atoms with Crippen molar-refractivity contribution in [1.29, 1.82) is 0 Å². The smallest absolute Gasteiger partial charge is 0.274 e. The van der Waals surface area contributed by atoms with E-state index in [1.54, 1.807) is 0 Å². The van der Waals surface area contributed by atoms with E-state index < -0.39 is 29.0 Å². The molecule has 0 saturated heterocycles. The van der Waals surface area contributed by atoms with Crippen LogP contribution >= 0.6 is 0 Å². The van der Waals surface area contributed by atoms with E-state index in [1.807, 2.05) is 0 Å². The predicted octanol–water partition coefficient (Wildman–Crippen LogP) is 4.28. The monoisotopic (exact) mass is 364 g/mol. The SMILES string of the molecule is O=C(Nc1ccc(F)c(F)c1F)c1ccnc(NC2CCCCCC2)n1. The lowest BCUT2D eigenvalue weighted by molar-refractivity contribution is 0.102. The molecule has 3 rings (SSSR count). The summed E-state index contributed by atoms with van der Waals surface area (Å²) in [7, 11) is 0. The summed E-state index contributed by atoms with van der Waals surface area (Å²) in [4.78, 5) is 20.5. The fourth-order valence-corrected chi connectivity index (χ4v) is 2.97. The Labute approximate surface area is 149 Å². The van der Waals surface area contributed by atoms with Gasteiger partial charge in [0.2, 0.25) is 5.95 Å². The van der Waals surface area contributed by atoms with Gasteiger partial charge in [0.15, 0.2) is 17.5 Å². The Morgan fingerprint density at radius 1 is 1.00 bits per heavy atom. The summed E-state index contributed by atoms with van der Waals surface area (Å²) in [5, 5.41) is 5.42. The normalized spacial score (nSPS) is 15.3. The number of aromatic nitrogens is 2. The molecule has 2 N–H and O–H groups in total. The number of nitrogens with one attached hydrogen (secondary N) is 2. The first kappa shape index (κ1) is 18.2. The van der Waals surface area contributed by atoms with Crippen molar-refractivity contribution in [2.24, 2.45) is 0 Å². The van der Waals surface area contributed by atoms with Crippen molar-refractivity contribution in [3.63, 3.8) is 0 Å². The van der Waals surface area contributed by atoms with Crippen LogP contribution < -0.4 is 10.6 Å². The number of nitrogens with zero attached hydrogens (tertiary/aromatic N) is 2. The summed E-state index contributed by atoms with van der Waals surface area (Å²) in [6.45, 7) is 0. The minimum absolute atomic E-state index is 0.000236. The first-order chi connectivity index (χ1) is 12.5. The van der Waals surface area contributed by atoms with E-state index in [0.29, 0.717) is 5.95 Å². The molecule has 1 aliphatic carbocycles. The molecule has 0 atom stereocenters. The second-order valence-corrected chi connectivity index (χ2v) is 6.28. The predicted molar refractivity (Wildman–Crippen MR) is 91.4 cm³/mol. The Kier molecular flexibility index (Phi) is 5.70. The molecular weight excluding hydrogens is 345 g/mol. The van der Waals surface area contributed by atoms with Crippen LogP contribution in [0.5, 0.6) is 0 Å². The third-order valence-corrected chi connectivity index (χ3v) is 4.36. The molecule has 0 aliphatic heterocycles. The van der Waals surface area contributed by atoms with Crippen LogP contribution in [0.1, 0.15) is 49.0 Å². The third-order valence-electron chi connectivity index (χ3n) is 4.36. The largest absolute Gasteiger partial charge is 0.351 e. The molecule has 0 unspecified atom stereocenters. The number of benzene rings is 1. The van der Waals surface area contributed by atoms with E-state index in [4.69, 9.17) is 0 Å². The minimum Gasteiger partial charge on any atom is -0.351 e. The van der Waals surface area contributed by atoms with Crippen LogP contribution in [0.2, 0.25) is 0 Å². The lowest BCUT2D eigenvalue weighted by Crippen LogP contribution is -2.21. The van der Waals surface area contributed by atoms with Crippen molar-refractivity contribution < 1.29 is 18.0 Å². The van der Waals surface area contributed by atoms with Crippen LogP contribution in [-0.2, 0) is 0 Å². The number of anilines is 2. The molecule has 1 fully saturated rings. The number of carbonyl (C=O) groups is 1. The number of halogens is 3. The first-order valence-corrected chi connectivity index (χ1v) is 8.59. The molecule has 0 spiro atoms. The quantitative estimate of drug-likeness (QED) is 0.628. The molecular formula is C18H19F3N4O. The molecule has 2 aromatic rings. The third kappa shape index (κ3) is 4.30. The molecule has 26 heavy (non-hydrogen) atoms. The fourth-order valence-electron chi connectivity index (χ4n) is 2.97. The van der Waals surface area contributed by atoms with E-state index in [2.05, 4.69) is 20.6 Å². The highest BCUT2D eigenvalue weighted by molar-refractivity contribution is 6.03. The summed E-state index contributed by atoms with van der Waals surface area (Å²) in [6, 6.07) is 3.31. The zero-order valence-electron chi connectivity index (χ0n) is 14.1. The summed E-state index contributed by atoms with van der Waals surface area (Å²) < 4.78 is 39.9. The molecule has 0 radical (unpaired) electrons. The average Bonchev–Trinajstić information content (AvgIpc) is 2.91. The van der Waals surface area contributed by atoms with E-state index in [-0.39, 0.29) is 11.7 Å². The summed E-state index contributed by atoms with van der Waals surface area (Å²) >= 11 is 0. The van der Waals surface area contributed by atoms with Crippen molar-refractivity contribution >= 4 is 17.5 Å². The summed E-state index contributed by atoms with van der Waals surface area (Å²) in [6.07, 6.45) is 8.13. The van der Waals surface area contributed by atoms with Crippen LogP contribution in [-0.4, -0.2) is 21.9 Å². The lowest BCUT2D eigenvalue weighted by Gasteiger charge is -2.16. The van der Waals surface area contributed by atoms with Crippen LogP contribution in [0.4, 0.5) is 24.8 Å². The topological polar surface area (TPSA) is 66.9 Å². The van der Waals surface area contributed by atoms with Gasteiger partial charge in [0.05, 0.1) is 5.69 Å². The van der Waals surface area contributed by atoms with E-state index >= 15 is 0 Å². The highest BCUT2D eigenvalue weighted by Crippen LogP contribution is 2.21. The van der Waals surface area contributed by atoms with Gasteiger partial charge in [0.1, 0.15) is 5.69 Å². The zero-order valence-corrected chi connectivity index (χ0v) is 14.1. The van der Waals surface area contributed by atoms with E-state index in [1.165, 1.54) is 25.1 Å². The van der Waals surface area contributed by atoms with Crippen molar-refractivity contribution in [3.05, 3.63) is 47.5 Å². The highest BCUT2D eigenvalue weighted by atomic mass is 19.2. The molecule has 1 aromatic carbocycles. The molecule has 138 valence electrons. The molecule has 8 heteroatoms. The van der Waals surface area contributed by atoms with Crippen molar-refractivity contribution in [1.82, 2.24) is 9.97 Å². The van der Waals surface area contributed by atoms with Gasteiger partial charge >= 0.3 is 0 Å². The van der Waals surface area contributed by atoms with E-state index in [0.717, 1.165) is 37.8 Å². The maximum atomic E-state index is 13.7. The second-order valence-electron chi connectivity index (χ2n) is 6.28. The van der Waals surface area contributed by atoms with Crippen LogP contribution in [0.3, 0.4) is 0 Å². The maximum Gasteiger partial charge on any atom is 0.274 e. The fraction of sp³-hybridized carbons (Fsp3) is 0.389. The van der Waals surface area contributed by atoms with Gasteiger partial charge in [-0.05, 0) is 31.0 Å². The van der Waals surface area contributed by atoms with Gasteiger partial charge in [-0.1, -0.05) is 25.7 Å². The molecule has 1 aliphatic rings. The van der Waals surface area contributed by atoms with Gasteiger partial charge in [-0.25, -0.2) is 23.1 Å². The Morgan fingerprint density at radius 2 is 1.73 bits per heavy atom.